The number of ether oxygens (including phenoxy) is 1. The number of carbonyl (C=O) groups is 1. The molecule has 2 N–H and O–H groups in total. The zero-order valence-electron chi connectivity index (χ0n) is 22.7. The van der Waals surface area contributed by atoms with Crippen molar-refractivity contribution in [2.75, 3.05) is 18.5 Å². The van der Waals surface area contributed by atoms with Crippen LogP contribution in [0.5, 0.6) is 0 Å². The van der Waals surface area contributed by atoms with Crippen molar-refractivity contribution in [3.63, 3.8) is 0 Å². The van der Waals surface area contributed by atoms with E-state index in [1.54, 1.807) is 37.3 Å². The number of amides is 1. The zero-order valence-corrected chi connectivity index (χ0v) is 23.6. The van der Waals surface area contributed by atoms with Gasteiger partial charge in [-0.3, -0.25) is 9.36 Å². The van der Waals surface area contributed by atoms with Gasteiger partial charge in [0.05, 0.1) is 12.6 Å². The number of benzene rings is 2. The van der Waals surface area contributed by atoms with Gasteiger partial charge in [-0.2, -0.15) is 4.98 Å². The molecule has 0 radical (unpaired) electrons. The molecule has 4 heterocycles. The highest BCUT2D eigenvalue weighted by Crippen LogP contribution is 2.64. The van der Waals surface area contributed by atoms with Crippen LogP contribution in [0.1, 0.15) is 47.5 Å². The van der Waals surface area contributed by atoms with E-state index in [0.717, 1.165) is 29.5 Å². The van der Waals surface area contributed by atoms with Crippen molar-refractivity contribution >= 4 is 20.3 Å². The lowest BCUT2D eigenvalue weighted by Crippen LogP contribution is -2.37. The smallest absolute Gasteiger partial charge is 0.351 e. The van der Waals surface area contributed by atoms with Gasteiger partial charge in [-0.1, -0.05) is 48.5 Å². The number of fused-ring (bicyclic) bond motifs is 1. The van der Waals surface area contributed by atoms with E-state index in [1.807, 2.05) is 37.3 Å². The molecule has 3 aliphatic heterocycles. The maximum absolute atomic E-state index is 16.0. The fourth-order valence-electron chi connectivity index (χ4n) is 5.82. The Bertz CT molecular complexity index is 1460. The van der Waals surface area contributed by atoms with E-state index in [4.69, 9.17) is 13.8 Å². The van der Waals surface area contributed by atoms with E-state index in [9.17, 15) is 14.7 Å². The third-order valence-electron chi connectivity index (χ3n) is 8.02. The van der Waals surface area contributed by atoms with Crippen LogP contribution >= 0.6 is 8.53 Å². The molecule has 0 spiro atoms. The van der Waals surface area contributed by atoms with Crippen LogP contribution in [0.3, 0.4) is 0 Å². The second-order valence-corrected chi connectivity index (χ2v) is 12.1. The van der Waals surface area contributed by atoms with Gasteiger partial charge < -0.3 is 24.2 Å². The largest absolute Gasteiger partial charge is 0.394 e. The van der Waals surface area contributed by atoms with Crippen molar-refractivity contribution < 1.29 is 28.1 Å². The fourth-order valence-corrected chi connectivity index (χ4v) is 7.97. The van der Waals surface area contributed by atoms with Crippen molar-refractivity contribution in [2.45, 2.75) is 62.9 Å². The molecule has 3 saturated heterocycles. The number of carbonyl (C=O) groups excluding carboxylic acids is 1. The van der Waals surface area contributed by atoms with E-state index in [0.29, 0.717) is 11.1 Å². The van der Waals surface area contributed by atoms with Crippen LogP contribution in [0.4, 0.5) is 10.2 Å². The van der Waals surface area contributed by atoms with Crippen LogP contribution in [-0.4, -0.2) is 62.8 Å². The maximum Gasteiger partial charge on any atom is 0.351 e. The van der Waals surface area contributed by atoms with Gasteiger partial charge in [0.2, 0.25) is 0 Å². The second kappa shape index (κ2) is 11.3. The Kier molecular flexibility index (Phi) is 7.76. The Hall–Kier alpha value is -3.05. The lowest BCUT2D eigenvalue weighted by molar-refractivity contribution is -0.0477. The predicted octanol–water partition coefficient (Wildman–Crippen LogP) is 4.05. The average molecular weight is 583 g/mol. The van der Waals surface area contributed by atoms with Gasteiger partial charge in [-0.25, -0.2) is 13.9 Å². The first-order valence-corrected chi connectivity index (χ1v) is 14.8. The summed E-state index contributed by atoms with van der Waals surface area (Å²) in [5, 5.41) is 12.7. The second-order valence-electron chi connectivity index (χ2n) is 10.7. The Balaban J connectivity index is 1.21. The summed E-state index contributed by atoms with van der Waals surface area (Å²) < 4.78 is 37.9. The molecule has 0 saturated carbocycles. The van der Waals surface area contributed by atoms with Gasteiger partial charge in [-0.15, -0.1) is 0 Å². The molecule has 2 aromatic carbocycles. The number of nitrogens with zero attached hydrogens (tertiary/aromatic N) is 3. The topological polar surface area (TPSA) is 115 Å². The molecule has 0 aliphatic carbocycles. The number of rotatable bonds is 7. The summed E-state index contributed by atoms with van der Waals surface area (Å²) >= 11 is 0. The molecule has 3 fully saturated rings. The van der Waals surface area contributed by atoms with Crippen molar-refractivity contribution in [1.29, 1.82) is 0 Å². The standard InChI is InChI=1S/C29H32FN4O6P/c1-18-16-33(28(37)32-25(18)31-26(36)19-10-5-3-6-11-19)27-23(30)24(21(17-35)38-27)39-41-34-15-9-14-22(34)29(2,40-41)20-12-7-4-8-13-20/h3-8,10-13,16,21-24,27,35H,9,14-15,17H2,1-2H3,(H,31,32,36,37)/t21-,22+,23+,24?,27-,29-,41+/m1/s1. The van der Waals surface area contributed by atoms with Crippen LogP contribution in [-0.2, 0) is 19.4 Å². The maximum atomic E-state index is 16.0. The highest BCUT2D eigenvalue weighted by Gasteiger charge is 2.57. The molecule has 1 unspecified atom stereocenters. The lowest BCUT2D eigenvalue weighted by Gasteiger charge is -2.29. The minimum Gasteiger partial charge on any atom is -0.394 e. The van der Waals surface area contributed by atoms with E-state index in [1.165, 1.54) is 6.20 Å². The summed E-state index contributed by atoms with van der Waals surface area (Å²) in [5.41, 5.74) is 0.445. The van der Waals surface area contributed by atoms with Crippen LogP contribution in [0.25, 0.3) is 0 Å². The van der Waals surface area contributed by atoms with Crippen LogP contribution in [0.2, 0.25) is 0 Å². The summed E-state index contributed by atoms with van der Waals surface area (Å²) in [5.74, 6) is -0.350. The SMILES string of the molecule is Cc1cn([C@@H]2O[C@H](CO)C(O[P@@]3O[C@](C)(c4ccccc4)[C@@H]4CCCN43)[C@@H]2F)c(=O)nc1NC(=O)c1ccccc1. The van der Waals surface area contributed by atoms with E-state index >= 15 is 4.39 Å². The normalized spacial score (nSPS) is 31.3. The summed E-state index contributed by atoms with van der Waals surface area (Å²) in [6.07, 6.45) is -2.06. The summed E-state index contributed by atoms with van der Waals surface area (Å²) in [7, 11) is -1.65. The molecule has 10 nitrogen and oxygen atoms in total. The number of aliphatic hydroxyl groups excluding tert-OH is 1. The number of aryl methyl sites for hydroxylation is 1. The summed E-state index contributed by atoms with van der Waals surface area (Å²) in [6, 6.07) is 18.5. The molecule has 41 heavy (non-hydrogen) atoms. The third-order valence-corrected chi connectivity index (χ3v) is 9.88. The molecule has 1 amide bonds. The number of aromatic nitrogens is 2. The van der Waals surface area contributed by atoms with Crippen LogP contribution < -0.4 is 11.0 Å². The van der Waals surface area contributed by atoms with Gasteiger partial charge in [-0.05, 0) is 44.4 Å². The van der Waals surface area contributed by atoms with Gasteiger partial charge in [0, 0.05) is 23.9 Å². The summed E-state index contributed by atoms with van der Waals surface area (Å²) in [6.45, 7) is 3.94. The number of nitrogens with one attached hydrogen (secondary N) is 1. The molecule has 3 aromatic rings. The minimum absolute atomic E-state index is 0.0723. The molecule has 3 aliphatic rings. The van der Waals surface area contributed by atoms with E-state index in [2.05, 4.69) is 15.0 Å². The highest BCUT2D eigenvalue weighted by atomic mass is 31.2. The van der Waals surface area contributed by atoms with Gasteiger partial charge in [0.1, 0.15) is 23.6 Å². The first kappa shape index (κ1) is 28.1. The van der Waals surface area contributed by atoms with Crippen molar-refractivity contribution in [3.05, 3.63) is 94.0 Å². The van der Waals surface area contributed by atoms with Crippen molar-refractivity contribution in [2.24, 2.45) is 0 Å². The molecule has 1 aromatic heterocycles. The Morgan fingerprint density at radius 1 is 1.22 bits per heavy atom. The predicted molar refractivity (Wildman–Crippen MR) is 150 cm³/mol. The average Bonchev–Trinajstić information content (AvgIpc) is 3.67. The van der Waals surface area contributed by atoms with E-state index in [-0.39, 0.29) is 11.9 Å². The number of anilines is 1. The first-order chi connectivity index (χ1) is 19.8. The minimum atomic E-state index is -1.79. The monoisotopic (exact) mass is 582 g/mol. The molecule has 12 heteroatoms. The zero-order chi connectivity index (χ0) is 28.7. The lowest BCUT2D eigenvalue weighted by atomic mass is 9.87. The quantitative estimate of drug-likeness (QED) is 0.401. The fraction of sp³-hybridized carbons (Fsp3) is 0.414. The number of alkyl halides is 1. The van der Waals surface area contributed by atoms with Crippen molar-refractivity contribution in [3.8, 4) is 0 Å². The molecular weight excluding hydrogens is 550 g/mol. The molecule has 7 atom stereocenters. The molecular formula is C29H32FN4O6P. The number of hydrogen-bond acceptors (Lipinski definition) is 8. The van der Waals surface area contributed by atoms with Crippen molar-refractivity contribution in [1.82, 2.24) is 14.2 Å². The Morgan fingerprint density at radius 2 is 1.93 bits per heavy atom. The van der Waals surface area contributed by atoms with Gasteiger partial charge in [0.25, 0.3) is 14.4 Å². The molecule has 216 valence electrons. The van der Waals surface area contributed by atoms with Gasteiger partial charge in [0.15, 0.2) is 12.4 Å². The Labute approximate surface area is 238 Å². The summed E-state index contributed by atoms with van der Waals surface area (Å²) in [4.78, 5) is 29.6. The third kappa shape index (κ3) is 5.11. The first-order valence-electron chi connectivity index (χ1n) is 13.6. The number of aliphatic hydroxyl groups is 1. The molecule has 0 bridgehead atoms. The molecule has 6 rings (SSSR count). The highest BCUT2D eigenvalue weighted by molar-refractivity contribution is 7.45. The van der Waals surface area contributed by atoms with Gasteiger partial charge >= 0.3 is 5.69 Å². The van der Waals surface area contributed by atoms with E-state index < -0.39 is 56.9 Å². The van der Waals surface area contributed by atoms with Crippen LogP contribution in [0, 0.1) is 6.92 Å². The number of hydrogen-bond donors (Lipinski definition) is 2. The van der Waals surface area contributed by atoms with Crippen LogP contribution in [0.15, 0.2) is 71.7 Å². The number of halogens is 1. The Morgan fingerprint density at radius 3 is 2.63 bits per heavy atom.